The van der Waals surface area contributed by atoms with E-state index >= 15 is 0 Å². The first-order chi connectivity index (χ1) is 16.0. The number of hydrogen-bond donors (Lipinski definition) is 3. The minimum absolute atomic E-state index is 0.0444. The lowest BCUT2D eigenvalue weighted by atomic mass is 9.76. The minimum atomic E-state index is -1.08. The van der Waals surface area contributed by atoms with Gasteiger partial charge in [0.05, 0.1) is 0 Å². The highest BCUT2D eigenvalue weighted by atomic mass is 16.2. The van der Waals surface area contributed by atoms with Crippen molar-refractivity contribution in [1.29, 1.82) is 0 Å². The lowest BCUT2D eigenvalue weighted by Gasteiger charge is -2.33. The Hall–Kier alpha value is -3.68. The highest BCUT2D eigenvalue weighted by molar-refractivity contribution is 6.09. The van der Waals surface area contributed by atoms with Crippen molar-refractivity contribution in [3.8, 4) is 0 Å². The number of benzene rings is 2. The number of rotatable bonds is 6. The number of fused-ring (bicyclic) bond motifs is 2. The number of aryl methyl sites for hydroxylation is 1. The Morgan fingerprint density at radius 3 is 2.58 bits per heavy atom. The van der Waals surface area contributed by atoms with Crippen LogP contribution in [0, 0.1) is 5.92 Å². The van der Waals surface area contributed by atoms with Crippen LogP contribution in [-0.4, -0.2) is 35.2 Å². The molecule has 8 heteroatoms. The zero-order valence-corrected chi connectivity index (χ0v) is 18.2. The Morgan fingerprint density at radius 2 is 1.82 bits per heavy atom. The third-order valence-electron chi connectivity index (χ3n) is 6.61. The number of amides is 5. The minimum Gasteiger partial charge on any atom is -0.350 e. The number of carbonyl (C=O) groups is 4. The zero-order chi connectivity index (χ0) is 23.0. The third-order valence-corrected chi connectivity index (χ3v) is 6.61. The van der Waals surface area contributed by atoms with E-state index in [9.17, 15) is 19.2 Å². The molecule has 2 aromatic rings. The van der Waals surface area contributed by atoms with E-state index in [1.54, 1.807) is 12.1 Å². The first kappa shape index (κ1) is 21.2. The van der Waals surface area contributed by atoms with Crippen LogP contribution in [0.2, 0.25) is 0 Å². The molecule has 1 saturated carbocycles. The van der Waals surface area contributed by atoms with E-state index in [2.05, 4.69) is 16.0 Å². The van der Waals surface area contributed by atoms with Crippen molar-refractivity contribution in [3.05, 3.63) is 65.2 Å². The molecule has 0 bridgehead atoms. The Morgan fingerprint density at radius 1 is 1.06 bits per heavy atom. The normalized spacial score (nSPS) is 21.5. The first-order valence-corrected chi connectivity index (χ1v) is 11.4. The van der Waals surface area contributed by atoms with Gasteiger partial charge in [0.2, 0.25) is 11.8 Å². The molecule has 33 heavy (non-hydrogen) atoms. The molecule has 1 aliphatic heterocycles. The topological polar surface area (TPSA) is 108 Å². The summed E-state index contributed by atoms with van der Waals surface area (Å²) in [4.78, 5) is 51.3. The number of nitrogens with one attached hydrogen (secondary N) is 3. The summed E-state index contributed by atoms with van der Waals surface area (Å²) in [6.45, 7) is -0.0720. The molecule has 1 saturated heterocycles. The van der Waals surface area contributed by atoms with Crippen molar-refractivity contribution in [3.63, 3.8) is 0 Å². The predicted molar refractivity (Wildman–Crippen MR) is 121 cm³/mol. The van der Waals surface area contributed by atoms with E-state index in [1.807, 2.05) is 36.4 Å². The van der Waals surface area contributed by atoms with Gasteiger partial charge in [0.25, 0.3) is 5.91 Å². The van der Waals surface area contributed by atoms with Gasteiger partial charge in [0.15, 0.2) is 0 Å². The second-order valence-corrected chi connectivity index (χ2v) is 8.97. The second-order valence-electron chi connectivity index (χ2n) is 8.97. The van der Waals surface area contributed by atoms with Gasteiger partial charge in [-0.3, -0.25) is 19.3 Å². The summed E-state index contributed by atoms with van der Waals surface area (Å²) in [5.74, 6) is -0.602. The third kappa shape index (κ3) is 4.08. The molecule has 1 spiro atoms. The summed E-state index contributed by atoms with van der Waals surface area (Å²) in [6.07, 6.45) is 4.07. The Bertz CT molecular complexity index is 1130. The summed E-state index contributed by atoms with van der Waals surface area (Å²) in [7, 11) is 0. The van der Waals surface area contributed by atoms with Crippen LogP contribution >= 0.6 is 0 Å². The smallest absolute Gasteiger partial charge is 0.325 e. The Balaban J connectivity index is 1.19. The van der Waals surface area contributed by atoms with Crippen LogP contribution in [0.1, 0.15) is 42.4 Å². The Kier molecular flexibility index (Phi) is 5.36. The van der Waals surface area contributed by atoms with Crippen LogP contribution in [0.15, 0.2) is 48.5 Å². The maximum atomic E-state index is 13.3. The van der Waals surface area contributed by atoms with Crippen molar-refractivity contribution in [1.82, 2.24) is 15.5 Å². The van der Waals surface area contributed by atoms with Gasteiger partial charge >= 0.3 is 6.03 Å². The molecule has 2 aliphatic carbocycles. The quantitative estimate of drug-likeness (QED) is 0.593. The molecule has 2 fully saturated rings. The molecular weight excluding hydrogens is 420 g/mol. The van der Waals surface area contributed by atoms with Crippen molar-refractivity contribution in [2.24, 2.45) is 5.92 Å². The van der Waals surface area contributed by atoms with Gasteiger partial charge in [-0.05, 0) is 60.9 Å². The lowest BCUT2D eigenvalue weighted by Crippen LogP contribution is -2.47. The number of nitrogens with zero attached hydrogens (tertiary/aromatic N) is 1. The fourth-order valence-corrected chi connectivity index (χ4v) is 4.65. The van der Waals surface area contributed by atoms with Crippen LogP contribution in [0.3, 0.4) is 0 Å². The maximum absolute atomic E-state index is 13.3. The van der Waals surface area contributed by atoms with Gasteiger partial charge in [-0.15, -0.1) is 0 Å². The molecule has 5 amide bonds. The van der Waals surface area contributed by atoms with Crippen molar-refractivity contribution >= 4 is 29.4 Å². The highest BCUT2D eigenvalue weighted by Gasteiger charge is 2.54. The van der Waals surface area contributed by atoms with Crippen molar-refractivity contribution in [2.75, 3.05) is 11.9 Å². The van der Waals surface area contributed by atoms with Gasteiger partial charge in [-0.1, -0.05) is 36.4 Å². The number of urea groups is 1. The lowest BCUT2D eigenvalue weighted by molar-refractivity contribution is -0.135. The molecule has 3 aliphatic rings. The summed E-state index contributed by atoms with van der Waals surface area (Å²) in [5, 5.41) is 8.50. The summed E-state index contributed by atoms with van der Waals surface area (Å²) >= 11 is 0. The second kappa shape index (κ2) is 8.35. The molecule has 8 nitrogen and oxygen atoms in total. The van der Waals surface area contributed by atoms with Crippen LogP contribution in [0.25, 0.3) is 0 Å². The molecule has 5 rings (SSSR count). The number of imide groups is 1. The average molecular weight is 447 g/mol. The van der Waals surface area contributed by atoms with Crippen LogP contribution in [-0.2, 0) is 32.9 Å². The van der Waals surface area contributed by atoms with Crippen LogP contribution in [0.4, 0.5) is 10.5 Å². The van der Waals surface area contributed by atoms with Crippen LogP contribution in [0.5, 0.6) is 0 Å². The molecule has 3 N–H and O–H groups in total. The monoisotopic (exact) mass is 446 g/mol. The fourth-order valence-electron chi connectivity index (χ4n) is 4.65. The largest absolute Gasteiger partial charge is 0.350 e. The zero-order valence-electron chi connectivity index (χ0n) is 18.2. The molecule has 0 radical (unpaired) electrons. The van der Waals surface area contributed by atoms with Gasteiger partial charge in [0.1, 0.15) is 12.1 Å². The van der Waals surface area contributed by atoms with Crippen molar-refractivity contribution < 1.29 is 19.2 Å². The predicted octanol–water partition coefficient (Wildman–Crippen LogP) is 2.43. The molecular formula is C25H26N4O4. The van der Waals surface area contributed by atoms with Gasteiger partial charge < -0.3 is 16.0 Å². The molecule has 1 unspecified atom stereocenters. The van der Waals surface area contributed by atoms with Gasteiger partial charge in [-0.2, -0.15) is 0 Å². The van der Waals surface area contributed by atoms with Gasteiger partial charge in [-0.25, -0.2) is 4.79 Å². The van der Waals surface area contributed by atoms with E-state index < -0.39 is 17.5 Å². The summed E-state index contributed by atoms with van der Waals surface area (Å²) < 4.78 is 0. The average Bonchev–Trinajstić information content (AvgIpc) is 3.64. The number of hydrogen-bond acceptors (Lipinski definition) is 4. The number of anilines is 1. The summed E-state index contributed by atoms with van der Waals surface area (Å²) in [6, 6.07) is 14.4. The van der Waals surface area contributed by atoms with E-state index in [-0.39, 0.29) is 30.8 Å². The molecule has 1 heterocycles. The molecule has 2 aromatic carbocycles. The maximum Gasteiger partial charge on any atom is 0.325 e. The number of carbonyl (C=O) groups excluding carboxylic acids is 4. The molecule has 0 aromatic heterocycles. The van der Waals surface area contributed by atoms with Gasteiger partial charge in [0, 0.05) is 18.2 Å². The standard InChI is InChI=1S/C25H26N4O4/c30-21(26-14-16-7-11-19(12-8-16)27-22(31)18-9-10-18)15-29-23(32)25(28-24(29)33)13-3-5-17-4-1-2-6-20(17)25/h1-2,4,6-8,11-12,18H,3,5,9-10,13-15H2,(H,26,30)(H,27,31)(H,28,33). The molecule has 1 atom stereocenters. The fraction of sp³-hybridized carbons (Fsp3) is 0.360. The van der Waals surface area contributed by atoms with E-state index in [0.29, 0.717) is 6.42 Å². The van der Waals surface area contributed by atoms with E-state index in [4.69, 9.17) is 0 Å². The summed E-state index contributed by atoms with van der Waals surface area (Å²) in [5.41, 5.74) is 2.38. The van der Waals surface area contributed by atoms with Crippen LogP contribution < -0.4 is 16.0 Å². The van der Waals surface area contributed by atoms with E-state index in [1.165, 1.54) is 0 Å². The molecule has 170 valence electrons. The van der Waals surface area contributed by atoms with E-state index in [0.717, 1.165) is 53.0 Å². The van der Waals surface area contributed by atoms with Crippen molar-refractivity contribution in [2.45, 2.75) is 44.2 Å². The SMILES string of the molecule is O=C(CN1C(=O)NC2(CCCc3ccccc32)C1=O)NCc1ccc(NC(=O)C2CC2)cc1. The highest BCUT2D eigenvalue weighted by Crippen LogP contribution is 2.39. The first-order valence-electron chi connectivity index (χ1n) is 11.4. The Labute approximate surface area is 191 Å².